The first-order chi connectivity index (χ1) is 5.93. The van der Waals surface area contributed by atoms with Crippen LogP contribution < -0.4 is 11.1 Å². The average Bonchev–Trinajstić information content (AvgIpc) is 2.00. The summed E-state index contributed by atoms with van der Waals surface area (Å²) in [6.45, 7) is 6.32. The van der Waals surface area contributed by atoms with Crippen molar-refractivity contribution in [1.82, 2.24) is 5.32 Å². The van der Waals surface area contributed by atoms with Gasteiger partial charge in [-0.3, -0.25) is 9.59 Å². The van der Waals surface area contributed by atoms with E-state index in [4.69, 9.17) is 5.73 Å². The molecule has 0 saturated heterocycles. The molecule has 0 aliphatic carbocycles. The SMILES string of the molecule is CC(C)CNC(=O)CC(C)C(N)=O. The molecule has 0 heterocycles. The Kier molecular flexibility index (Phi) is 5.11. The second kappa shape index (κ2) is 5.56. The monoisotopic (exact) mass is 186 g/mol. The second-order valence-corrected chi connectivity index (χ2v) is 3.71. The van der Waals surface area contributed by atoms with Gasteiger partial charge in [-0.25, -0.2) is 0 Å². The van der Waals surface area contributed by atoms with Crippen molar-refractivity contribution in [2.24, 2.45) is 17.6 Å². The maximum Gasteiger partial charge on any atom is 0.220 e. The quantitative estimate of drug-likeness (QED) is 0.647. The van der Waals surface area contributed by atoms with E-state index in [0.717, 1.165) is 0 Å². The first-order valence-corrected chi connectivity index (χ1v) is 4.49. The van der Waals surface area contributed by atoms with E-state index in [2.05, 4.69) is 5.32 Å². The summed E-state index contributed by atoms with van der Waals surface area (Å²) in [6.07, 6.45) is 0.183. The average molecular weight is 186 g/mol. The Bertz CT molecular complexity index is 190. The molecule has 4 heteroatoms. The number of nitrogens with two attached hydrogens (primary N) is 1. The van der Waals surface area contributed by atoms with Crippen LogP contribution in [0.2, 0.25) is 0 Å². The molecule has 1 unspecified atom stereocenters. The van der Waals surface area contributed by atoms with Crippen LogP contribution in [0.1, 0.15) is 27.2 Å². The van der Waals surface area contributed by atoms with Crippen LogP contribution in [0.3, 0.4) is 0 Å². The van der Waals surface area contributed by atoms with Crippen molar-refractivity contribution in [2.45, 2.75) is 27.2 Å². The zero-order valence-electron chi connectivity index (χ0n) is 8.46. The van der Waals surface area contributed by atoms with Gasteiger partial charge in [0, 0.05) is 18.9 Å². The molecule has 0 aliphatic rings. The molecule has 2 amide bonds. The molecule has 0 bridgehead atoms. The van der Waals surface area contributed by atoms with Crippen LogP contribution in [-0.2, 0) is 9.59 Å². The van der Waals surface area contributed by atoms with E-state index >= 15 is 0 Å². The van der Waals surface area contributed by atoms with Crippen LogP contribution in [0.5, 0.6) is 0 Å². The number of carbonyl (C=O) groups excluding carboxylic acids is 2. The second-order valence-electron chi connectivity index (χ2n) is 3.71. The minimum absolute atomic E-state index is 0.111. The Morgan fingerprint density at radius 2 is 1.85 bits per heavy atom. The van der Waals surface area contributed by atoms with E-state index in [-0.39, 0.29) is 18.2 Å². The molecule has 4 nitrogen and oxygen atoms in total. The van der Waals surface area contributed by atoms with E-state index < -0.39 is 5.91 Å². The molecule has 0 saturated carbocycles. The molecule has 1 atom stereocenters. The molecule has 3 N–H and O–H groups in total. The summed E-state index contributed by atoms with van der Waals surface area (Å²) in [6, 6.07) is 0. The van der Waals surface area contributed by atoms with Gasteiger partial charge < -0.3 is 11.1 Å². The van der Waals surface area contributed by atoms with Gasteiger partial charge in [-0.05, 0) is 5.92 Å². The molecule has 13 heavy (non-hydrogen) atoms. The summed E-state index contributed by atoms with van der Waals surface area (Å²) in [5.74, 6) is -0.500. The fourth-order valence-electron chi connectivity index (χ4n) is 0.769. The fourth-order valence-corrected chi connectivity index (χ4v) is 0.769. The number of primary amides is 1. The highest BCUT2D eigenvalue weighted by Crippen LogP contribution is 2.00. The Labute approximate surface area is 78.9 Å². The Morgan fingerprint density at radius 1 is 1.31 bits per heavy atom. The predicted octanol–water partition coefficient (Wildman–Crippen LogP) is 0.270. The summed E-state index contributed by atoms with van der Waals surface area (Å²) in [5, 5.41) is 2.72. The van der Waals surface area contributed by atoms with E-state index in [1.54, 1.807) is 6.92 Å². The largest absolute Gasteiger partial charge is 0.369 e. The molecular weight excluding hydrogens is 168 g/mol. The highest BCUT2D eigenvalue weighted by atomic mass is 16.2. The summed E-state index contributed by atoms with van der Waals surface area (Å²) in [5.41, 5.74) is 5.02. The Hall–Kier alpha value is -1.06. The smallest absolute Gasteiger partial charge is 0.220 e. The fraction of sp³-hybridized carbons (Fsp3) is 0.778. The summed E-state index contributed by atoms with van der Waals surface area (Å²) in [7, 11) is 0. The molecular formula is C9H18N2O2. The van der Waals surface area contributed by atoms with Gasteiger partial charge in [0.1, 0.15) is 0 Å². The number of hydrogen-bond donors (Lipinski definition) is 2. The number of rotatable bonds is 5. The van der Waals surface area contributed by atoms with Crippen molar-refractivity contribution in [3.05, 3.63) is 0 Å². The summed E-state index contributed by atoms with van der Waals surface area (Å²) in [4.78, 5) is 21.8. The highest BCUT2D eigenvalue weighted by molar-refractivity contribution is 5.84. The molecule has 0 aromatic carbocycles. The van der Waals surface area contributed by atoms with Crippen molar-refractivity contribution in [1.29, 1.82) is 0 Å². The third-order valence-electron chi connectivity index (χ3n) is 1.68. The molecule has 0 fully saturated rings. The molecule has 76 valence electrons. The van der Waals surface area contributed by atoms with Crippen LogP contribution in [0.25, 0.3) is 0 Å². The van der Waals surface area contributed by atoms with E-state index in [9.17, 15) is 9.59 Å². The maximum atomic E-state index is 11.1. The zero-order valence-corrected chi connectivity index (χ0v) is 8.46. The van der Waals surface area contributed by atoms with Crippen molar-refractivity contribution >= 4 is 11.8 Å². The first-order valence-electron chi connectivity index (χ1n) is 4.49. The zero-order chi connectivity index (χ0) is 10.4. The van der Waals surface area contributed by atoms with Crippen LogP contribution in [0.4, 0.5) is 0 Å². The van der Waals surface area contributed by atoms with Crippen molar-refractivity contribution in [3.63, 3.8) is 0 Å². The third kappa shape index (κ3) is 6.13. The third-order valence-corrected chi connectivity index (χ3v) is 1.68. The lowest BCUT2D eigenvalue weighted by molar-refractivity contribution is -0.128. The molecule has 0 aliphatic heterocycles. The number of amides is 2. The first kappa shape index (κ1) is 11.9. The summed E-state index contributed by atoms with van der Waals surface area (Å²) < 4.78 is 0. The van der Waals surface area contributed by atoms with Gasteiger partial charge >= 0.3 is 0 Å². The van der Waals surface area contributed by atoms with Crippen LogP contribution in [-0.4, -0.2) is 18.4 Å². The number of hydrogen-bond acceptors (Lipinski definition) is 2. The van der Waals surface area contributed by atoms with E-state index in [1.807, 2.05) is 13.8 Å². The molecule has 0 radical (unpaired) electrons. The van der Waals surface area contributed by atoms with Crippen molar-refractivity contribution in [3.8, 4) is 0 Å². The molecule has 0 aromatic rings. The number of nitrogens with one attached hydrogen (secondary N) is 1. The Morgan fingerprint density at radius 3 is 2.23 bits per heavy atom. The molecule has 0 spiro atoms. The molecule has 0 aromatic heterocycles. The van der Waals surface area contributed by atoms with Gasteiger partial charge in [0.25, 0.3) is 0 Å². The standard InChI is InChI=1S/C9H18N2O2/c1-6(2)5-11-8(12)4-7(3)9(10)13/h6-7H,4-5H2,1-3H3,(H2,10,13)(H,11,12). The van der Waals surface area contributed by atoms with Gasteiger partial charge in [-0.15, -0.1) is 0 Å². The maximum absolute atomic E-state index is 11.1. The van der Waals surface area contributed by atoms with E-state index in [0.29, 0.717) is 12.5 Å². The van der Waals surface area contributed by atoms with Crippen molar-refractivity contribution < 1.29 is 9.59 Å². The van der Waals surface area contributed by atoms with Gasteiger partial charge in [0.15, 0.2) is 0 Å². The minimum atomic E-state index is -0.431. The van der Waals surface area contributed by atoms with Gasteiger partial charge in [-0.1, -0.05) is 20.8 Å². The topological polar surface area (TPSA) is 72.2 Å². The lowest BCUT2D eigenvalue weighted by Crippen LogP contribution is -2.31. The van der Waals surface area contributed by atoms with Crippen LogP contribution >= 0.6 is 0 Å². The molecule has 0 rings (SSSR count). The predicted molar refractivity (Wildman–Crippen MR) is 50.8 cm³/mol. The van der Waals surface area contributed by atoms with Gasteiger partial charge in [0.05, 0.1) is 0 Å². The van der Waals surface area contributed by atoms with Crippen LogP contribution in [0.15, 0.2) is 0 Å². The van der Waals surface area contributed by atoms with Crippen molar-refractivity contribution in [2.75, 3.05) is 6.54 Å². The van der Waals surface area contributed by atoms with Crippen LogP contribution in [0, 0.1) is 11.8 Å². The van der Waals surface area contributed by atoms with E-state index in [1.165, 1.54) is 0 Å². The summed E-state index contributed by atoms with van der Waals surface area (Å²) >= 11 is 0. The Balaban J connectivity index is 3.68. The number of carbonyl (C=O) groups is 2. The normalized spacial score (nSPS) is 12.6. The van der Waals surface area contributed by atoms with Gasteiger partial charge in [-0.2, -0.15) is 0 Å². The minimum Gasteiger partial charge on any atom is -0.369 e. The van der Waals surface area contributed by atoms with Gasteiger partial charge in [0.2, 0.25) is 11.8 Å². The lowest BCUT2D eigenvalue weighted by Gasteiger charge is -2.09. The highest BCUT2D eigenvalue weighted by Gasteiger charge is 2.13. The lowest BCUT2D eigenvalue weighted by atomic mass is 10.1.